The van der Waals surface area contributed by atoms with Gasteiger partial charge in [0.2, 0.25) is 0 Å². The lowest BCUT2D eigenvalue weighted by Gasteiger charge is -2.26. The van der Waals surface area contributed by atoms with Crippen molar-refractivity contribution in [3.63, 3.8) is 0 Å². The van der Waals surface area contributed by atoms with Crippen molar-refractivity contribution in [2.75, 3.05) is 45.3 Å². The molecule has 146 valence electrons. The Labute approximate surface area is 160 Å². The summed E-state index contributed by atoms with van der Waals surface area (Å²) in [6.07, 6.45) is 5.08. The molecule has 1 fully saturated rings. The number of fused-ring (bicyclic) bond motifs is 1. The third-order valence-electron chi connectivity index (χ3n) is 5.14. The molecule has 0 aliphatic carbocycles. The maximum Gasteiger partial charge on any atom is 0.128 e. The highest BCUT2D eigenvalue weighted by Crippen LogP contribution is 2.36. The molecule has 0 saturated carbocycles. The van der Waals surface area contributed by atoms with Gasteiger partial charge in [-0.15, -0.1) is 0 Å². The molecule has 3 heterocycles. The Morgan fingerprint density at radius 1 is 1.26 bits per heavy atom. The number of anilines is 1. The average Bonchev–Trinajstić information content (AvgIpc) is 3.30. The fourth-order valence-electron chi connectivity index (χ4n) is 3.67. The smallest absolute Gasteiger partial charge is 0.128 e. The van der Waals surface area contributed by atoms with Gasteiger partial charge < -0.3 is 19.5 Å². The normalized spacial score (nSPS) is 19.6. The van der Waals surface area contributed by atoms with Crippen LogP contribution in [0.3, 0.4) is 0 Å². The fraction of sp³-hybridized carbons (Fsp3) is 0.550. The summed E-state index contributed by atoms with van der Waals surface area (Å²) in [5.74, 6) is 1.87. The zero-order chi connectivity index (χ0) is 18.6. The highest BCUT2D eigenvalue weighted by Gasteiger charge is 2.23. The van der Waals surface area contributed by atoms with Gasteiger partial charge in [0.25, 0.3) is 0 Å². The van der Waals surface area contributed by atoms with E-state index in [1.165, 1.54) is 5.56 Å². The van der Waals surface area contributed by atoms with E-state index < -0.39 is 0 Å². The van der Waals surface area contributed by atoms with Crippen molar-refractivity contribution in [1.29, 1.82) is 0 Å². The Hall–Kier alpha value is -2.25. The van der Waals surface area contributed by atoms with Crippen LogP contribution < -0.4 is 14.8 Å². The van der Waals surface area contributed by atoms with Gasteiger partial charge in [-0.05, 0) is 19.1 Å². The summed E-state index contributed by atoms with van der Waals surface area (Å²) in [6.45, 7) is 8.34. The lowest BCUT2D eigenvalue weighted by atomic mass is 10.1. The Kier molecular flexibility index (Phi) is 5.50. The Bertz CT molecular complexity index is 771. The van der Waals surface area contributed by atoms with Gasteiger partial charge in [-0.3, -0.25) is 9.58 Å². The first-order chi connectivity index (χ1) is 13.2. The predicted octanol–water partition coefficient (Wildman–Crippen LogP) is 2.16. The van der Waals surface area contributed by atoms with Crippen molar-refractivity contribution in [1.82, 2.24) is 14.7 Å². The summed E-state index contributed by atoms with van der Waals surface area (Å²) >= 11 is 0. The molecular weight excluding hydrogens is 344 g/mol. The van der Waals surface area contributed by atoms with Gasteiger partial charge in [0.05, 0.1) is 38.8 Å². The molecule has 0 bridgehead atoms. The lowest BCUT2D eigenvalue weighted by molar-refractivity contribution is 0.0360. The third kappa shape index (κ3) is 4.36. The molecule has 1 N–H and O–H groups in total. The minimum Gasteiger partial charge on any atom is -0.497 e. The van der Waals surface area contributed by atoms with Crippen LogP contribution in [-0.4, -0.2) is 60.7 Å². The molecule has 2 aliphatic heterocycles. The van der Waals surface area contributed by atoms with Crippen LogP contribution in [0, 0.1) is 0 Å². The van der Waals surface area contributed by atoms with Crippen molar-refractivity contribution in [3.05, 3.63) is 35.7 Å². The van der Waals surface area contributed by atoms with Crippen molar-refractivity contribution >= 4 is 5.69 Å². The fourth-order valence-corrected chi connectivity index (χ4v) is 3.67. The van der Waals surface area contributed by atoms with Gasteiger partial charge >= 0.3 is 0 Å². The second-order valence-electron chi connectivity index (χ2n) is 7.21. The number of aromatic nitrogens is 2. The van der Waals surface area contributed by atoms with Gasteiger partial charge in [-0.1, -0.05) is 0 Å². The maximum atomic E-state index is 6.00. The standard InChI is InChI=1S/C20H28N4O3/c1-15-9-16-10-19(25-2)11-17(20(16)27-15)12-21-18-13-22-24(14-18)4-3-23-5-7-26-8-6-23/h10-11,13-15,21H,3-9,12H2,1-2H3/t15-/m1/s1. The van der Waals surface area contributed by atoms with E-state index in [1.807, 2.05) is 16.9 Å². The van der Waals surface area contributed by atoms with Gasteiger partial charge in [0.15, 0.2) is 0 Å². The Morgan fingerprint density at radius 2 is 2.11 bits per heavy atom. The topological polar surface area (TPSA) is 60.8 Å². The van der Waals surface area contributed by atoms with E-state index in [1.54, 1.807) is 7.11 Å². The minimum atomic E-state index is 0.216. The SMILES string of the molecule is COc1cc(CNc2cnn(CCN3CCOCC3)c2)c2c(c1)C[C@@H](C)O2. The molecule has 7 nitrogen and oxygen atoms in total. The molecule has 27 heavy (non-hydrogen) atoms. The van der Waals surface area contributed by atoms with Crippen LogP contribution in [0.15, 0.2) is 24.5 Å². The molecule has 1 aromatic heterocycles. The maximum absolute atomic E-state index is 6.00. The number of hydrogen-bond donors (Lipinski definition) is 1. The lowest BCUT2D eigenvalue weighted by Crippen LogP contribution is -2.38. The molecule has 1 saturated heterocycles. The minimum absolute atomic E-state index is 0.216. The number of benzene rings is 1. The first kappa shape index (κ1) is 18.1. The van der Waals surface area contributed by atoms with Crippen molar-refractivity contribution in [2.24, 2.45) is 0 Å². The van der Waals surface area contributed by atoms with E-state index in [0.29, 0.717) is 6.54 Å². The van der Waals surface area contributed by atoms with Crippen LogP contribution in [-0.2, 0) is 24.2 Å². The average molecular weight is 372 g/mol. The van der Waals surface area contributed by atoms with Crippen LogP contribution in [0.1, 0.15) is 18.1 Å². The van der Waals surface area contributed by atoms with Crippen LogP contribution in [0.4, 0.5) is 5.69 Å². The van der Waals surface area contributed by atoms with Crippen molar-refractivity contribution < 1.29 is 14.2 Å². The quantitative estimate of drug-likeness (QED) is 0.804. The van der Waals surface area contributed by atoms with Gasteiger partial charge in [-0.25, -0.2) is 0 Å². The molecule has 0 radical (unpaired) electrons. The number of ether oxygens (including phenoxy) is 3. The number of nitrogens with one attached hydrogen (secondary N) is 1. The highest BCUT2D eigenvalue weighted by molar-refractivity contribution is 5.51. The summed E-state index contributed by atoms with van der Waals surface area (Å²) in [4.78, 5) is 2.41. The van der Waals surface area contributed by atoms with Crippen LogP contribution in [0.2, 0.25) is 0 Å². The summed E-state index contributed by atoms with van der Waals surface area (Å²) < 4.78 is 18.8. The predicted molar refractivity (Wildman–Crippen MR) is 104 cm³/mol. The van der Waals surface area contributed by atoms with E-state index in [0.717, 1.165) is 68.6 Å². The van der Waals surface area contributed by atoms with Crippen LogP contribution in [0.5, 0.6) is 11.5 Å². The van der Waals surface area contributed by atoms with E-state index in [-0.39, 0.29) is 6.10 Å². The molecule has 1 atom stereocenters. The Balaban J connectivity index is 1.35. The monoisotopic (exact) mass is 372 g/mol. The Morgan fingerprint density at radius 3 is 2.93 bits per heavy atom. The number of morpholine rings is 1. The number of methoxy groups -OCH3 is 1. The number of hydrogen-bond acceptors (Lipinski definition) is 6. The van der Waals surface area contributed by atoms with Gasteiger partial charge in [0.1, 0.15) is 17.6 Å². The van der Waals surface area contributed by atoms with Gasteiger partial charge in [0, 0.05) is 49.9 Å². The zero-order valence-electron chi connectivity index (χ0n) is 16.1. The second-order valence-corrected chi connectivity index (χ2v) is 7.21. The zero-order valence-corrected chi connectivity index (χ0v) is 16.1. The molecule has 0 spiro atoms. The van der Waals surface area contributed by atoms with Crippen molar-refractivity contribution in [2.45, 2.75) is 32.5 Å². The largest absolute Gasteiger partial charge is 0.497 e. The first-order valence-electron chi connectivity index (χ1n) is 9.64. The molecule has 0 unspecified atom stereocenters. The number of rotatable bonds is 7. The second kappa shape index (κ2) is 8.19. The van der Waals surface area contributed by atoms with E-state index in [4.69, 9.17) is 14.2 Å². The molecular formula is C20H28N4O3. The summed E-state index contributed by atoms with van der Waals surface area (Å²) in [5.41, 5.74) is 3.36. The van der Waals surface area contributed by atoms with E-state index >= 15 is 0 Å². The highest BCUT2D eigenvalue weighted by atomic mass is 16.5. The van der Waals surface area contributed by atoms with Crippen LogP contribution in [0.25, 0.3) is 0 Å². The summed E-state index contributed by atoms with van der Waals surface area (Å²) in [6, 6.07) is 4.12. The number of nitrogens with zero attached hydrogens (tertiary/aromatic N) is 3. The summed E-state index contributed by atoms with van der Waals surface area (Å²) in [5, 5.41) is 7.93. The third-order valence-corrected chi connectivity index (χ3v) is 5.14. The molecule has 7 heteroatoms. The van der Waals surface area contributed by atoms with Crippen LogP contribution >= 0.6 is 0 Å². The molecule has 1 aromatic carbocycles. The molecule has 0 amide bonds. The van der Waals surface area contributed by atoms with E-state index in [9.17, 15) is 0 Å². The van der Waals surface area contributed by atoms with Gasteiger partial charge in [-0.2, -0.15) is 5.10 Å². The van der Waals surface area contributed by atoms with Crippen molar-refractivity contribution in [3.8, 4) is 11.5 Å². The molecule has 2 aliphatic rings. The van der Waals surface area contributed by atoms with E-state index in [2.05, 4.69) is 34.5 Å². The summed E-state index contributed by atoms with van der Waals surface area (Å²) in [7, 11) is 1.71. The molecule has 2 aromatic rings. The first-order valence-corrected chi connectivity index (χ1v) is 9.64. The molecule has 4 rings (SSSR count).